The second-order valence-corrected chi connectivity index (χ2v) is 4.47. The Labute approximate surface area is 130 Å². The van der Waals surface area contributed by atoms with Crippen molar-refractivity contribution in [2.45, 2.75) is 13.1 Å². The Morgan fingerprint density at radius 1 is 1.04 bits per heavy atom. The van der Waals surface area contributed by atoms with Crippen LogP contribution in [0.2, 0.25) is 0 Å². The number of methoxy groups -OCH3 is 3. The van der Waals surface area contributed by atoms with Crippen LogP contribution in [0.4, 0.5) is 19.0 Å². The van der Waals surface area contributed by atoms with Crippen LogP contribution < -0.4 is 19.5 Å². The Hall–Kier alpha value is -2.45. The highest BCUT2D eigenvalue weighted by Gasteiger charge is 2.36. The van der Waals surface area contributed by atoms with Crippen LogP contribution in [-0.2, 0) is 6.18 Å². The summed E-state index contributed by atoms with van der Waals surface area (Å²) < 4.78 is 54.7. The molecule has 0 aliphatic heterocycles. The normalized spacial score (nSPS) is 11.4. The van der Waals surface area contributed by atoms with Crippen LogP contribution in [0.1, 0.15) is 12.7 Å². The molecule has 6 nitrogen and oxygen atoms in total. The molecule has 23 heavy (non-hydrogen) atoms. The minimum absolute atomic E-state index is 0.0107. The summed E-state index contributed by atoms with van der Waals surface area (Å²) in [7, 11) is 4.10. The van der Waals surface area contributed by atoms with E-state index in [2.05, 4.69) is 15.3 Å². The van der Waals surface area contributed by atoms with Crippen LogP contribution in [-0.4, -0.2) is 37.8 Å². The molecular formula is C14H16F3N3O3. The van der Waals surface area contributed by atoms with Crippen molar-refractivity contribution >= 4 is 16.7 Å². The molecule has 0 spiro atoms. The number of benzene rings is 1. The van der Waals surface area contributed by atoms with E-state index in [-0.39, 0.29) is 22.8 Å². The van der Waals surface area contributed by atoms with E-state index in [0.717, 1.165) is 0 Å². The average Bonchev–Trinajstić information content (AvgIpc) is 2.52. The number of anilines is 1. The van der Waals surface area contributed by atoms with Crippen molar-refractivity contribution in [1.82, 2.24) is 9.97 Å². The summed E-state index contributed by atoms with van der Waals surface area (Å²) in [6.07, 6.45) is -4.68. The van der Waals surface area contributed by atoms with Gasteiger partial charge in [-0.1, -0.05) is 0 Å². The lowest BCUT2D eigenvalue weighted by molar-refractivity contribution is -0.144. The molecule has 9 heteroatoms. The van der Waals surface area contributed by atoms with E-state index in [4.69, 9.17) is 14.2 Å². The molecule has 1 heterocycles. The molecule has 1 aromatic heterocycles. The van der Waals surface area contributed by atoms with Gasteiger partial charge in [0.2, 0.25) is 11.6 Å². The zero-order valence-corrected chi connectivity index (χ0v) is 13.0. The summed E-state index contributed by atoms with van der Waals surface area (Å²) in [6.45, 7) is 2.14. The smallest absolute Gasteiger partial charge is 0.451 e. The van der Waals surface area contributed by atoms with E-state index >= 15 is 0 Å². The number of halogens is 3. The van der Waals surface area contributed by atoms with Crippen LogP contribution in [0.15, 0.2) is 6.07 Å². The van der Waals surface area contributed by atoms with Crippen LogP contribution in [0.3, 0.4) is 0 Å². The van der Waals surface area contributed by atoms with Crippen molar-refractivity contribution in [2.75, 3.05) is 33.2 Å². The lowest BCUT2D eigenvalue weighted by Crippen LogP contribution is -2.14. The van der Waals surface area contributed by atoms with Gasteiger partial charge >= 0.3 is 6.18 Å². The zero-order valence-electron chi connectivity index (χ0n) is 13.0. The van der Waals surface area contributed by atoms with E-state index in [1.807, 2.05) is 0 Å². The van der Waals surface area contributed by atoms with Crippen molar-refractivity contribution in [3.63, 3.8) is 0 Å². The van der Waals surface area contributed by atoms with Crippen LogP contribution in [0.5, 0.6) is 17.2 Å². The molecule has 0 saturated carbocycles. The molecule has 0 unspecified atom stereocenters. The number of nitrogens with zero attached hydrogens (tertiary/aromatic N) is 2. The second-order valence-electron chi connectivity index (χ2n) is 4.47. The maximum absolute atomic E-state index is 13.1. The summed E-state index contributed by atoms with van der Waals surface area (Å²) in [4.78, 5) is 7.18. The highest BCUT2D eigenvalue weighted by atomic mass is 19.4. The van der Waals surface area contributed by atoms with Gasteiger partial charge in [-0.15, -0.1) is 0 Å². The summed E-state index contributed by atoms with van der Waals surface area (Å²) in [5, 5.41) is 3.14. The number of ether oxygens (including phenoxy) is 3. The lowest BCUT2D eigenvalue weighted by Gasteiger charge is -2.17. The first-order valence-electron chi connectivity index (χ1n) is 6.69. The van der Waals surface area contributed by atoms with Gasteiger partial charge in [0.1, 0.15) is 11.3 Å². The van der Waals surface area contributed by atoms with E-state index in [0.29, 0.717) is 17.7 Å². The number of alkyl halides is 3. The van der Waals surface area contributed by atoms with Crippen LogP contribution in [0, 0.1) is 0 Å². The van der Waals surface area contributed by atoms with E-state index in [9.17, 15) is 13.2 Å². The van der Waals surface area contributed by atoms with Gasteiger partial charge in [0.15, 0.2) is 11.5 Å². The monoisotopic (exact) mass is 331 g/mol. The SMILES string of the molecule is CCNc1nc(C(F)(F)F)nc2c(OC)c(OC)c(OC)cc12. The Morgan fingerprint density at radius 3 is 2.17 bits per heavy atom. The third kappa shape index (κ3) is 3.03. The van der Waals surface area contributed by atoms with Crippen LogP contribution in [0.25, 0.3) is 10.9 Å². The van der Waals surface area contributed by atoms with Gasteiger partial charge in [0, 0.05) is 6.54 Å². The molecule has 126 valence electrons. The molecule has 0 fully saturated rings. The van der Waals surface area contributed by atoms with Gasteiger partial charge in [-0.25, -0.2) is 9.97 Å². The minimum Gasteiger partial charge on any atom is -0.493 e. The van der Waals surface area contributed by atoms with Gasteiger partial charge in [-0.05, 0) is 13.0 Å². The average molecular weight is 331 g/mol. The molecule has 0 bridgehead atoms. The fraction of sp³-hybridized carbons (Fsp3) is 0.429. The van der Waals surface area contributed by atoms with Gasteiger partial charge in [0.25, 0.3) is 0 Å². The number of fused-ring (bicyclic) bond motifs is 1. The molecule has 0 radical (unpaired) electrons. The quantitative estimate of drug-likeness (QED) is 0.908. The first kappa shape index (κ1) is 16.9. The van der Waals surface area contributed by atoms with Crippen molar-refractivity contribution in [2.24, 2.45) is 0 Å². The van der Waals surface area contributed by atoms with Crippen molar-refractivity contribution < 1.29 is 27.4 Å². The third-order valence-corrected chi connectivity index (χ3v) is 3.09. The first-order valence-corrected chi connectivity index (χ1v) is 6.69. The number of hydrogen-bond donors (Lipinski definition) is 1. The molecule has 0 amide bonds. The fourth-order valence-electron chi connectivity index (χ4n) is 2.16. The van der Waals surface area contributed by atoms with Gasteiger partial charge in [-0.2, -0.15) is 13.2 Å². The predicted octanol–water partition coefficient (Wildman–Crippen LogP) is 3.11. The van der Waals surface area contributed by atoms with E-state index in [1.165, 1.54) is 27.4 Å². The van der Waals surface area contributed by atoms with Crippen molar-refractivity contribution in [3.05, 3.63) is 11.9 Å². The summed E-state index contributed by atoms with van der Waals surface area (Å²) >= 11 is 0. The Morgan fingerprint density at radius 2 is 1.70 bits per heavy atom. The molecule has 0 atom stereocenters. The number of hydrogen-bond acceptors (Lipinski definition) is 6. The Bertz CT molecular complexity index is 720. The largest absolute Gasteiger partial charge is 0.493 e. The molecule has 2 aromatic rings. The van der Waals surface area contributed by atoms with E-state index in [1.54, 1.807) is 6.92 Å². The fourth-order valence-corrected chi connectivity index (χ4v) is 2.16. The van der Waals surface area contributed by atoms with Gasteiger partial charge in [0.05, 0.1) is 26.7 Å². The highest BCUT2D eigenvalue weighted by Crippen LogP contribution is 2.44. The zero-order chi connectivity index (χ0) is 17.2. The predicted molar refractivity (Wildman–Crippen MR) is 78.4 cm³/mol. The second kappa shape index (κ2) is 6.35. The molecule has 0 aliphatic carbocycles. The van der Waals surface area contributed by atoms with Gasteiger partial charge in [-0.3, -0.25) is 0 Å². The summed E-state index contributed by atoms with van der Waals surface area (Å²) in [6, 6.07) is 1.51. The first-order chi connectivity index (χ1) is 10.9. The number of nitrogens with one attached hydrogen (secondary N) is 1. The maximum Gasteiger partial charge on any atom is 0.451 e. The molecule has 1 N–H and O–H groups in total. The lowest BCUT2D eigenvalue weighted by atomic mass is 10.1. The topological polar surface area (TPSA) is 65.5 Å². The minimum atomic E-state index is -4.68. The van der Waals surface area contributed by atoms with Crippen LogP contribution >= 0.6 is 0 Å². The summed E-state index contributed by atoms with van der Waals surface area (Å²) in [5.74, 6) is -0.694. The number of rotatable bonds is 5. The van der Waals surface area contributed by atoms with E-state index < -0.39 is 12.0 Å². The molecule has 0 aliphatic rings. The standard InChI is InChI=1S/C14H16F3N3O3/c1-5-18-12-7-6-8(21-2)10(22-3)11(23-4)9(7)19-13(20-12)14(15,16)17/h6H,5H2,1-4H3,(H,18,19,20). The Kier molecular flexibility index (Phi) is 4.67. The Balaban J connectivity index is 2.91. The molecule has 1 aromatic carbocycles. The van der Waals surface area contributed by atoms with Crippen molar-refractivity contribution in [1.29, 1.82) is 0 Å². The van der Waals surface area contributed by atoms with Crippen molar-refractivity contribution in [3.8, 4) is 17.2 Å². The van der Waals surface area contributed by atoms with Gasteiger partial charge < -0.3 is 19.5 Å². The summed E-state index contributed by atoms with van der Waals surface area (Å²) in [5.41, 5.74) is -0.0107. The number of aromatic nitrogens is 2. The molecular weight excluding hydrogens is 315 g/mol. The highest BCUT2D eigenvalue weighted by molar-refractivity contribution is 5.97. The molecule has 2 rings (SSSR count). The third-order valence-electron chi connectivity index (χ3n) is 3.09. The molecule has 0 saturated heterocycles. The maximum atomic E-state index is 13.1.